The minimum Gasteiger partial charge on any atom is -0.380 e. The SMILES string of the molecule is CCOCC(N)C1Cc2ccccc2C1. The molecule has 0 fully saturated rings. The van der Waals surface area contributed by atoms with E-state index in [4.69, 9.17) is 10.5 Å². The molecule has 0 saturated heterocycles. The molecule has 1 aliphatic carbocycles. The lowest BCUT2D eigenvalue weighted by atomic mass is 9.98. The van der Waals surface area contributed by atoms with Crippen molar-refractivity contribution in [2.24, 2.45) is 11.7 Å². The summed E-state index contributed by atoms with van der Waals surface area (Å²) in [6.07, 6.45) is 2.23. The van der Waals surface area contributed by atoms with Gasteiger partial charge in [-0.25, -0.2) is 0 Å². The molecule has 0 amide bonds. The molecule has 0 bridgehead atoms. The third kappa shape index (κ3) is 2.39. The number of benzene rings is 1. The molecular formula is C13H19NO. The molecule has 1 unspecified atom stereocenters. The summed E-state index contributed by atoms with van der Waals surface area (Å²) >= 11 is 0. The maximum Gasteiger partial charge on any atom is 0.0620 e. The molecule has 0 spiro atoms. The van der Waals surface area contributed by atoms with Crippen molar-refractivity contribution in [1.82, 2.24) is 0 Å². The second-order valence-electron chi connectivity index (χ2n) is 4.26. The van der Waals surface area contributed by atoms with Gasteiger partial charge in [-0.3, -0.25) is 0 Å². The van der Waals surface area contributed by atoms with E-state index < -0.39 is 0 Å². The predicted octanol–water partition coefficient (Wildman–Crippen LogP) is 1.77. The van der Waals surface area contributed by atoms with Crippen molar-refractivity contribution in [3.63, 3.8) is 0 Å². The Morgan fingerprint density at radius 1 is 1.33 bits per heavy atom. The van der Waals surface area contributed by atoms with E-state index in [1.54, 1.807) is 0 Å². The van der Waals surface area contributed by atoms with Crippen LogP contribution in [0.4, 0.5) is 0 Å². The van der Waals surface area contributed by atoms with Gasteiger partial charge in [0, 0.05) is 12.6 Å². The van der Waals surface area contributed by atoms with Gasteiger partial charge < -0.3 is 10.5 Å². The second kappa shape index (κ2) is 4.77. The van der Waals surface area contributed by atoms with Crippen LogP contribution in [0, 0.1) is 5.92 Å². The van der Waals surface area contributed by atoms with E-state index >= 15 is 0 Å². The highest BCUT2D eigenvalue weighted by Gasteiger charge is 2.25. The smallest absolute Gasteiger partial charge is 0.0620 e. The monoisotopic (exact) mass is 205 g/mol. The van der Waals surface area contributed by atoms with Gasteiger partial charge in [0.25, 0.3) is 0 Å². The number of ether oxygens (including phenoxy) is 1. The average molecular weight is 205 g/mol. The van der Waals surface area contributed by atoms with Crippen molar-refractivity contribution in [2.45, 2.75) is 25.8 Å². The van der Waals surface area contributed by atoms with Crippen molar-refractivity contribution in [2.75, 3.05) is 13.2 Å². The average Bonchev–Trinajstić information content (AvgIpc) is 2.69. The van der Waals surface area contributed by atoms with Crippen LogP contribution in [0.15, 0.2) is 24.3 Å². The Morgan fingerprint density at radius 3 is 2.47 bits per heavy atom. The van der Waals surface area contributed by atoms with Gasteiger partial charge in [-0.15, -0.1) is 0 Å². The molecule has 2 rings (SSSR count). The lowest BCUT2D eigenvalue weighted by Gasteiger charge is -2.18. The standard InChI is InChI=1S/C13H19NO/c1-2-15-9-13(14)12-7-10-5-3-4-6-11(10)8-12/h3-6,12-13H,2,7-9,14H2,1H3. The molecule has 82 valence electrons. The lowest BCUT2D eigenvalue weighted by Crippen LogP contribution is -2.35. The normalized spacial score (nSPS) is 17.7. The number of hydrogen-bond acceptors (Lipinski definition) is 2. The fourth-order valence-electron chi connectivity index (χ4n) is 2.29. The van der Waals surface area contributed by atoms with Gasteiger partial charge in [-0.1, -0.05) is 24.3 Å². The van der Waals surface area contributed by atoms with Gasteiger partial charge in [0.05, 0.1) is 6.61 Å². The molecular weight excluding hydrogens is 186 g/mol. The number of rotatable bonds is 4. The first-order chi connectivity index (χ1) is 7.31. The van der Waals surface area contributed by atoms with E-state index in [1.165, 1.54) is 11.1 Å². The van der Waals surface area contributed by atoms with Crippen LogP contribution in [0.1, 0.15) is 18.1 Å². The number of fused-ring (bicyclic) bond motifs is 1. The Bertz CT molecular complexity index is 299. The molecule has 0 heterocycles. The van der Waals surface area contributed by atoms with E-state index in [9.17, 15) is 0 Å². The van der Waals surface area contributed by atoms with Crippen LogP contribution in [0.25, 0.3) is 0 Å². The summed E-state index contributed by atoms with van der Waals surface area (Å²) in [5, 5.41) is 0. The summed E-state index contributed by atoms with van der Waals surface area (Å²) in [5.74, 6) is 0.564. The van der Waals surface area contributed by atoms with E-state index in [-0.39, 0.29) is 6.04 Å². The molecule has 15 heavy (non-hydrogen) atoms. The largest absolute Gasteiger partial charge is 0.380 e. The lowest BCUT2D eigenvalue weighted by molar-refractivity contribution is 0.117. The van der Waals surface area contributed by atoms with Crippen molar-refractivity contribution in [3.8, 4) is 0 Å². The maximum absolute atomic E-state index is 6.12. The van der Waals surface area contributed by atoms with Gasteiger partial charge >= 0.3 is 0 Å². The maximum atomic E-state index is 6.12. The fraction of sp³-hybridized carbons (Fsp3) is 0.538. The highest BCUT2D eigenvalue weighted by atomic mass is 16.5. The Morgan fingerprint density at radius 2 is 1.93 bits per heavy atom. The first-order valence-electron chi connectivity index (χ1n) is 5.71. The first-order valence-corrected chi connectivity index (χ1v) is 5.71. The molecule has 0 aliphatic heterocycles. The van der Waals surface area contributed by atoms with E-state index in [1.807, 2.05) is 6.92 Å². The Kier molecular flexibility index (Phi) is 3.39. The van der Waals surface area contributed by atoms with Crippen LogP contribution in [-0.2, 0) is 17.6 Å². The quantitative estimate of drug-likeness (QED) is 0.813. The molecule has 1 atom stereocenters. The molecule has 2 heteroatoms. The molecule has 2 nitrogen and oxygen atoms in total. The Balaban J connectivity index is 1.94. The molecule has 1 aromatic rings. The summed E-state index contributed by atoms with van der Waals surface area (Å²) in [4.78, 5) is 0. The van der Waals surface area contributed by atoms with Crippen LogP contribution in [-0.4, -0.2) is 19.3 Å². The van der Waals surface area contributed by atoms with Crippen LogP contribution >= 0.6 is 0 Å². The third-order valence-electron chi connectivity index (χ3n) is 3.20. The summed E-state index contributed by atoms with van der Waals surface area (Å²) < 4.78 is 5.38. The van der Waals surface area contributed by atoms with Gasteiger partial charge in [0.2, 0.25) is 0 Å². The fourth-order valence-corrected chi connectivity index (χ4v) is 2.29. The summed E-state index contributed by atoms with van der Waals surface area (Å²) in [5.41, 5.74) is 9.05. The molecule has 0 saturated carbocycles. The van der Waals surface area contributed by atoms with Gasteiger partial charge in [-0.05, 0) is 36.8 Å². The summed E-state index contributed by atoms with van der Waals surface area (Å²) in [6, 6.07) is 8.81. The first kappa shape index (κ1) is 10.7. The zero-order valence-electron chi connectivity index (χ0n) is 9.28. The third-order valence-corrected chi connectivity index (χ3v) is 3.20. The highest BCUT2D eigenvalue weighted by Crippen LogP contribution is 2.27. The van der Waals surface area contributed by atoms with Crippen molar-refractivity contribution < 1.29 is 4.74 Å². The van der Waals surface area contributed by atoms with Gasteiger partial charge in [0.1, 0.15) is 0 Å². The highest BCUT2D eigenvalue weighted by molar-refractivity contribution is 5.32. The Labute approximate surface area is 91.4 Å². The van der Waals surface area contributed by atoms with Crippen LogP contribution < -0.4 is 5.73 Å². The number of hydrogen-bond donors (Lipinski definition) is 1. The van der Waals surface area contributed by atoms with E-state index in [0.29, 0.717) is 12.5 Å². The minimum absolute atomic E-state index is 0.178. The van der Waals surface area contributed by atoms with Gasteiger partial charge in [0.15, 0.2) is 0 Å². The van der Waals surface area contributed by atoms with Crippen LogP contribution in [0.3, 0.4) is 0 Å². The predicted molar refractivity (Wildman–Crippen MR) is 61.8 cm³/mol. The minimum atomic E-state index is 0.178. The Hall–Kier alpha value is -0.860. The molecule has 0 aromatic heterocycles. The van der Waals surface area contributed by atoms with Crippen molar-refractivity contribution in [3.05, 3.63) is 35.4 Å². The zero-order valence-corrected chi connectivity index (χ0v) is 9.28. The van der Waals surface area contributed by atoms with E-state index in [2.05, 4.69) is 24.3 Å². The summed E-state index contributed by atoms with van der Waals surface area (Å²) in [6.45, 7) is 3.46. The molecule has 2 N–H and O–H groups in total. The molecule has 0 radical (unpaired) electrons. The van der Waals surface area contributed by atoms with Crippen molar-refractivity contribution in [1.29, 1.82) is 0 Å². The zero-order chi connectivity index (χ0) is 10.7. The van der Waals surface area contributed by atoms with Crippen LogP contribution in [0.2, 0.25) is 0 Å². The van der Waals surface area contributed by atoms with E-state index in [0.717, 1.165) is 19.4 Å². The number of nitrogens with two attached hydrogens (primary N) is 1. The van der Waals surface area contributed by atoms with Crippen molar-refractivity contribution >= 4 is 0 Å². The van der Waals surface area contributed by atoms with Crippen LogP contribution in [0.5, 0.6) is 0 Å². The van der Waals surface area contributed by atoms with Gasteiger partial charge in [-0.2, -0.15) is 0 Å². The molecule has 1 aromatic carbocycles. The second-order valence-corrected chi connectivity index (χ2v) is 4.26. The topological polar surface area (TPSA) is 35.2 Å². The summed E-state index contributed by atoms with van der Waals surface area (Å²) in [7, 11) is 0. The molecule has 1 aliphatic rings.